The smallest absolute Gasteiger partial charge is 0.404 e. The van der Waals surface area contributed by atoms with Crippen LogP contribution in [0, 0.1) is 0 Å². The summed E-state index contributed by atoms with van der Waals surface area (Å²) in [5.41, 5.74) is -0.639. The maximum absolute atomic E-state index is 10.4. The zero-order chi connectivity index (χ0) is 11.5. The SMILES string of the molecule is CN(C)C[C@]1(O)CC[C@H](NC(=O)O)CC1. The average molecular weight is 216 g/mol. The van der Waals surface area contributed by atoms with Crippen LogP contribution in [0.5, 0.6) is 0 Å². The Kier molecular flexibility index (Phi) is 3.93. The summed E-state index contributed by atoms with van der Waals surface area (Å²) in [6.07, 6.45) is 1.79. The molecule has 1 amide bonds. The topological polar surface area (TPSA) is 72.8 Å². The van der Waals surface area contributed by atoms with Gasteiger partial charge in [0.15, 0.2) is 0 Å². The molecule has 0 heterocycles. The number of rotatable bonds is 3. The lowest BCUT2D eigenvalue weighted by atomic mass is 9.82. The van der Waals surface area contributed by atoms with Crippen LogP contribution in [-0.2, 0) is 0 Å². The van der Waals surface area contributed by atoms with Crippen molar-refractivity contribution < 1.29 is 15.0 Å². The molecular formula is C10H20N2O3. The normalized spacial score (nSPS) is 31.6. The maximum Gasteiger partial charge on any atom is 0.404 e. The van der Waals surface area contributed by atoms with E-state index in [4.69, 9.17) is 5.11 Å². The second-order valence-electron chi connectivity index (χ2n) is 4.69. The molecule has 15 heavy (non-hydrogen) atoms. The quantitative estimate of drug-likeness (QED) is 0.642. The molecule has 0 spiro atoms. The fraction of sp³-hybridized carbons (Fsp3) is 0.900. The highest BCUT2D eigenvalue weighted by Gasteiger charge is 2.33. The first-order valence-corrected chi connectivity index (χ1v) is 5.28. The fourth-order valence-electron chi connectivity index (χ4n) is 2.22. The number of carbonyl (C=O) groups is 1. The van der Waals surface area contributed by atoms with E-state index in [0.717, 1.165) is 12.8 Å². The Labute approximate surface area is 90.1 Å². The molecular weight excluding hydrogens is 196 g/mol. The molecule has 1 fully saturated rings. The zero-order valence-electron chi connectivity index (χ0n) is 9.36. The molecule has 1 saturated carbocycles. The van der Waals surface area contributed by atoms with Crippen LogP contribution in [0.4, 0.5) is 4.79 Å². The fourth-order valence-corrected chi connectivity index (χ4v) is 2.22. The number of carboxylic acid groups (broad SMARTS) is 1. The van der Waals surface area contributed by atoms with Crippen molar-refractivity contribution in [1.29, 1.82) is 0 Å². The number of aliphatic hydroxyl groups is 1. The molecule has 0 atom stereocenters. The Balaban J connectivity index is 2.37. The summed E-state index contributed by atoms with van der Waals surface area (Å²) in [6, 6.07) is 0.00457. The Bertz CT molecular complexity index is 223. The molecule has 88 valence electrons. The Morgan fingerprint density at radius 3 is 2.40 bits per heavy atom. The highest BCUT2D eigenvalue weighted by atomic mass is 16.4. The van der Waals surface area contributed by atoms with Gasteiger partial charge in [0.05, 0.1) is 5.60 Å². The van der Waals surface area contributed by atoms with Gasteiger partial charge in [-0.25, -0.2) is 4.79 Å². The van der Waals surface area contributed by atoms with Crippen molar-refractivity contribution in [1.82, 2.24) is 10.2 Å². The van der Waals surface area contributed by atoms with Crippen molar-refractivity contribution in [3.8, 4) is 0 Å². The summed E-state index contributed by atoms with van der Waals surface area (Å²) in [5.74, 6) is 0. The summed E-state index contributed by atoms with van der Waals surface area (Å²) in [5, 5.41) is 21.2. The molecule has 1 aliphatic rings. The van der Waals surface area contributed by atoms with E-state index in [0.29, 0.717) is 19.4 Å². The maximum atomic E-state index is 10.4. The number of hydrogen-bond donors (Lipinski definition) is 3. The number of nitrogens with zero attached hydrogens (tertiary/aromatic N) is 1. The number of amides is 1. The van der Waals surface area contributed by atoms with Gasteiger partial charge in [0.25, 0.3) is 0 Å². The van der Waals surface area contributed by atoms with E-state index in [9.17, 15) is 9.90 Å². The van der Waals surface area contributed by atoms with Gasteiger partial charge in [0, 0.05) is 12.6 Å². The highest BCUT2D eigenvalue weighted by Crippen LogP contribution is 2.28. The Morgan fingerprint density at radius 1 is 1.47 bits per heavy atom. The molecule has 0 aliphatic heterocycles. The molecule has 0 aromatic carbocycles. The van der Waals surface area contributed by atoms with Crippen LogP contribution in [0.25, 0.3) is 0 Å². The summed E-state index contributed by atoms with van der Waals surface area (Å²) in [7, 11) is 3.86. The van der Waals surface area contributed by atoms with Gasteiger partial charge >= 0.3 is 6.09 Å². The molecule has 0 aromatic rings. The first kappa shape index (κ1) is 12.3. The monoisotopic (exact) mass is 216 g/mol. The van der Waals surface area contributed by atoms with Gasteiger partial charge < -0.3 is 20.4 Å². The van der Waals surface area contributed by atoms with Crippen LogP contribution in [0.3, 0.4) is 0 Å². The third-order valence-corrected chi connectivity index (χ3v) is 2.85. The van der Waals surface area contributed by atoms with Crippen LogP contribution in [0.15, 0.2) is 0 Å². The molecule has 0 saturated heterocycles. The Morgan fingerprint density at radius 2 is 2.00 bits per heavy atom. The van der Waals surface area contributed by atoms with Gasteiger partial charge in [-0.15, -0.1) is 0 Å². The predicted molar refractivity (Wildman–Crippen MR) is 56.9 cm³/mol. The largest absolute Gasteiger partial charge is 0.465 e. The molecule has 0 radical (unpaired) electrons. The van der Waals surface area contributed by atoms with Crippen LogP contribution < -0.4 is 5.32 Å². The minimum Gasteiger partial charge on any atom is -0.465 e. The molecule has 5 heteroatoms. The summed E-state index contributed by atoms with van der Waals surface area (Å²) in [4.78, 5) is 12.4. The molecule has 3 N–H and O–H groups in total. The van der Waals surface area contributed by atoms with Crippen molar-refractivity contribution in [2.24, 2.45) is 0 Å². The van der Waals surface area contributed by atoms with Gasteiger partial charge in [-0.05, 0) is 39.8 Å². The summed E-state index contributed by atoms with van der Waals surface area (Å²) in [6.45, 7) is 0.646. The van der Waals surface area contributed by atoms with E-state index < -0.39 is 11.7 Å². The van der Waals surface area contributed by atoms with Crippen molar-refractivity contribution >= 4 is 6.09 Å². The third-order valence-electron chi connectivity index (χ3n) is 2.85. The highest BCUT2D eigenvalue weighted by molar-refractivity contribution is 5.64. The molecule has 0 aromatic heterocycles. The van der Waals surface area contributed by atoms with Gasteiger partial charge in [-0.1, -0.05) is 0 Å². The van der Waals surface area contributed by atoms with E-state index in [1.807, 2.05) is 19.0 Å². The Hall–Kier alpha value is -0.810. The molecule has 5 nitrogen and oxygen atoms in total. The number of likely N-dealkylation sites (N-methyl/N-ethyl adjacent to an activating group) is 1. The van der Waals surface area contributed by atoms with Crippen LogP contribution in [-0.4, -0.2) is 53.5 Å². The molecule has 1 rings (SSSR count). The van der Waals surface area contributed by atoms with E-state index in [2.05, 4.69) is 5.32 Å². The van der Waals surface area contributed by atoms with Crippen molar-refractivity contribution in [3.05, 3.63) is 0 Å². The van der Waals surface area contributed by atoms with E-state index in [1.54, 1.807) is 0 Å². The summed E-state index contributed by atoms with van der Waals surface area (Å²) >= 11 is 0. The van der Waals surface area contributed by atoms with Gasteiger partial charge in [0.2, 0.25) is 0 Å². The summed E-state index contributed by atoms with van der Waals surface area (Å²) < 4.78 is 0. The molecule has 1 aliphatic carbocycles. The minimum absolute atomic E-state index is 0.00457. The third kappa shape index (κ3) is 4.05. The van der Waals surface area contributed by atoms with Crippen LogP contribution in [0.1, 0.15) is 25.7 Å². The minimum atomic E-state index is -0.974. The van der Waals surface area contributed by atoms with E-state index in [1.165, 1.54) is 0 Å². The van der Waals surface area contributed by atoms with E-state index >= 15 is 0 Å². The van der Waals surface area contributed by atoms with Crippen molar-refractivity contribution in [2.45, 2.75) is 37.3 Å². The van der Waals surface area contributed by atoms with E-state index in [-0.39, 0.29) is 6.04 Å². The number of hydrogen-bond acceptors (Lipinski definition) is 3. The lowest BCUT2D eigenvalue weighted by molar-refractivity contribution is -0.0222. The predicted octanol–water partition coefficient (Wildman–Crippen LogP) is 0.489. The first-order valence-electron chi connectivity index (χ1n) is 5.28. The van der Waals surface area contributed by atoms with Crippen LogP contribution in [0.2, 0.25) is 0 Å². The lowest BCUT2D eigenvalue weighted by Crippen LogP contribution is -2.47. The average Bonchev–Trinajstić information content (AvgIpc) is 2.07. The molecule has 0 unspecified atom stereocenters. The standard InChI is InChI=1S/C10H20N2O3/c1-12(2)7-10(15)5-3-8(4-6-10)11-9(13)14/h8,11,15H,3-7H2,1-2H3,(H,13,14)/t8-,10-. The second kappa shape index (κ2) is 4.81. The van der Waals surface area contributed by atoms with Crippen molar-refractivity contribution in [2.75, 3.05) is 20.6 Å². The lowest BCUT2D eigenvalue weighted by Gasteiger charge is -2.37. The van der Waals surface area contributed by atoms with Gasteiger partial charge in [-0.3, -0.25) is 0 Å². The van der Waals surface area contributed by atoms with Crippen molar-refractivity contribution in [3.63, 3.8) is 0 Å². The zero-order valence-corrected chi connectivity index (χ0v) is 9.36. The van der Waals surface area contributed by atoms with Gasteiger partial charge in [-0.2, -0.15) is 0 Å². The molecule has 0 bridgehead atoms. The first-order chi connectivity index (χ1) is 6.91. The van der Waals surface area contributed by atoms with Gasteiger partial charge in [0.1, 0.15) is 0 Å². The second-order valence-corrected chi connectivity index (χ2v) is 4.69. The number of nitrogens with one attached hydrogen (secondary N) is 1. The van der Waals surface area contributed by atoms with Crippen LogP contribution >= 0.6 is 0 Å².